The summed E-state index contributed by atoms with van der Waals surface area (Å²) in [7, 11) is 0. The van der Waals surface area contributed by atoms with Gasteiger partial charge >= 0.3 is 0 Å². The Morgan fingerprint density at radius 2 is 1.91 bits per heavy atom. The predicted octanol–water partition coefficient (Wildman–Crippen LogP) is 2.19. The second kappa shape index (κ2) is 3.40. The van der Waals surface area contributed by atoms with Gasteiger partial charge in [-0.1, -0.05) is 18.6 Å². The van der Waals surface area contributed by atoms with E-state index >= 15 is 0 Å². The lowest BCUT2D eigenvalue weighted by Gasteiger charge is -2.31. The Kier molecular flexibility index (Phi) is 2.27. The molecule has 0 radical (unpaired) electrons. The van der Waals surface area contributed by atoms with Crippen LogP contribution in [-0.2, 0) is 0 Å². The molecule has 2 rings (SSSR count). The van der Waals surface area contributed by atoms with E-state index in [1.54, 1.807) is 0 Å². The first-order valence-electron chi connectivity index (χ1n) is 4.87. The molecule has 62 valence electrons. The molecule has 1 nitrogen and oxygen atoms in total. The minimum absolute atomic E-state index is 0.801. The van der Waals surface area contributed by atoms with Gasteiger partial charge in [0.2, 0.25) is 0 Å². The molecule has 1 atom stereocenters. The first-order valence-corrected chi connectivity index (χ1v) is 4.87. The highest BCUT2D eigenvalue weighted by Crippen LogP contribution is 2.20. The summed E-state index contributed by atoms with van der Waals surface area (Å²) in [4.78, 5) is 2.65. The molecule has 0 saturated carbocycles. The van der Waals surface area contributed by atoms with Crippen LogP contribution in [0.1, 0.15) is 32.1 Å². The second-order valence-electron chi connectivity index (χ2n) is 3.67. The van der Waals surface area contributed by atoms with Crippen LogP contribution in [0, 0.1) is 0 Å². The van der Waals surface area contributed by atoms with Gasteiger partial charge in [0.1, 0.15) is 0 Å². The van der Waals surface area contributed by atoms with Gasteiger partial charge in [0.15, 0.2) is 0 Å². The molecule has 1 aliphatic carbocycles. The van der Waals surface area contributed by atoms with Gasteiger partial charge in [0, 0.05) is 6.04 Å². The van der Waals surface area contributed by atoms with Gasteiger partial charge in [-0.2, -0.15) is 0 Å². The van der Waals surface area contributed by atoms with E-state index in [4.69, 9.17) is 0 Å². The van der Waals surface area contributed by atoms with Crippen molar-refractivity contribution in [2.24, 2.45) is 0 Å². The van der Waals surface area contributed by atoms with Crippen molar-refractivity contribution in [3.05, 3.63) is 12.2 Å². The van der Waals surface area contributed by atoms with Crippen molar-refractivity contribution >= 4 is 0 Å². The van der Waals surface area contributed by atoms with Crippen molar-refractivity contribution in [3.8, 4) is 0 Å². The monoisotopic (exact) mass is 151 g/mol. The van der Waals surface area contributed by atoms with Gasteiger partial charge in [0.05, 0.1) is 0 Å². The average molecular weight is 151 g/mol. The van der Waals surface area contributed by atoms with E-state index in [1.807, 2.05) is 0 Å². The van der Waals surface area contributed by atoms with Gasteiger partial charge in [-0.3, -0.25) is 4.90 Å². The smallest absolute Gasteiger partial charge is 0.0281 e. The van der Waals surface area contributed by atoms with E-state index in [0.717, 1.165) is 6.04 Å². The number of rotatable bonds is 1. The van der Waals surface area contributed by atoms with Crippen molar-refractivity contribution in [2.45, 2.75) is 38.1 Å². The average Bonchev–Trinajstić information content (AvgIpc) is 2.58. The van der Waals surface area contributed by atoms with Gasteiger partial charge < -0.3 is 0 Å². The Morgan fingerprint density at radius 3 is 2.55 bits per heavy atom. The number of piperidine rings is 1. The Morgan fingerprint density at radius 1 is 1.09 bits per heavy atom. The summed E-state index contributed by atoms with van der Waals surface area (Å²) in [5.41, 5.74) is 0. The Bertz CT molecular complexity index is 145. The number of hydrogen-bond donors (Lipinski definition) is 0. The maximum Gasteiger partial charge on any atom is 0.0281 e. The van der Waals surface area contributed by atoms with Crippen molar-refractivity contribution in [1.82, 2.24) is 4.90 Å². The number of likely N-dealkylation sites (tertiary alicyclic amines) is 1. The van der Waals surface area contributed by atoms with Crippen LogP contribution in [-0.4, -0.2) is 24.0 Å². The van der Waals surface area contributed by atoms with Crippen LogP contribution in [0.5, 0.6) is 0 Å². The minimum Gasteiger partial charge on any atom is -0.297 e. The second-order valence-corrected chi connectivity index (χ2v) is 3.67. The lowest BCUT2D eigenvalue weighted by Crippen LogP contribution is -2.36. The Labute approximate surface area is 69.1 Å². The molecule has 0 amide bonds. The number of nitrogens with zero attached hydrogens (tertiary/aromatic N) is 1. The van der Waals surface area contributed by atoms with Gasteiger partial charge in [-0.05, 0) is 38.8 Å². The first kappa shape index (κ1) is 7.35. The topological polar surface area (TPSA) is 3.24 Å². The molecule has 0 N–H and O–H groups in total. The van der Waals surface area contributed by atoms with Crippen LogP contribution in [0.3, 0.4) is 0 Å². The van der Waals surface area contributed by atoms with Crippen LogP contribution < -0.4 is 0 Å². The third-order valence-electron chi connectivity index (χ3n) is 2.85. The molecule has 0 aromatic rings. The van der Waals surface area contributed by atoms with Gasteiger partial charge in [0.25, 0.3) is 0 Å². The van der Waals surface area contributed by atoms with Crippen molar-refractivity contribution in [2.75, 3.05) is 13.1 Å². The third kappa shape index (κ3) is 1.64. The van der Waals surface area contributed by atoms with Crippen LogP contribution in [0.2, 0.25) is 0 Å². The van der Waals surface area contributed by atoms with E-state index < -0.39 is 0 Å². The quantitative estimate of drug-likeness (QED) is 0.519. The predicted molar refractivity (Wildman–Crippen MR) is 47.6 cm³/mol. The van der Waals surface area contributed by atoms with E-state index in [-0.39, 0.29) is 0 Å². The normalized spacial score (nSPS) is 32.9. The van der Waals surface area contributed by atoms with Crippen LogP contribution in [0.4, 0.5) is 0 Å². The molecule has 11 heavy (non-hydrogen) atoms. The molecule has 1 fully saturated rings. The fraction of sp³-hybridized carbons (Fsp3) is 0.800. The molecular weight excluding hydrogens is 134 g/mol. The molecule has 0 aromatic heterocycles. The van der Waals surface area contributed by atoms with Crippen molar-refractivity contribution in [3.63, 3.8) is 0 Å². The summed E-state index contributed by atoms with van der Waals surface area (Å²) in [5, 5.41) is 0. The molecule has 1 unspecified atom stereocenters. The zero-order valence-corrected chi connectivity index (χ0v) is 7.13. The lowest BCUT2D eigenvalue weighted by atomic mass is 10.1. The number of hydrogen-bond acceptors (Lipinski definition) is 1. The van der Waals surface area contributed by atoms with E-state index in [1.165, 1.54) is 45.2 Å². The van der Waals surface area contributed by atoms with Gasteiger partial charge in [-0.15, -0.1) is 0 Å². The zero-order valence-electron chi connectivity index (χ0n) is 7.13. The van der Waals surface area contributed by atoms with E-state index in [0.29, 0.717) is 0 Å². The highest BCUT2D eigenvalue weighted by Gasteiger charge is 2.19. The Balaban J connectivity index is 1.87. The molecule has 2 aliphatic rings. The van der Waals surface area contributed by atoms with Crippen LogP contribution in [0.25, 0.3) is 0 Å². The molecule has 0 spiro atoms. The molecule has 1 aliphatic heterocycles. The van der Waals surface area contributed by atoms with E-state index in [2.05, 4.69) is 17.1 Å². The fourth-order valence-corrected chi connectivity index (χ4v) is 2.17. The molecular formula is C10H17N. The number of allylic oxidation sites excluding steroid dienone is 1. The zero-order chi connectivity index (χ0) is 7.52. The lowest BCUT2D eigenvalue weighted by molar-refractivity contribution is 0.189. The SMILES string of the molecule is C1=CC(N2CCCCC2)CC1. The maximum atomic E-state index is 2.65. The fourth-order valence-electron chi connectivity index (χ4n) is 2.17. The first-order chi connectivity index (χ1) is 5.47. The summed E-state index contributed by atoms with van der Waals surface area (Å²) < 4.78 is 0. The third-order valence-corrected chi connectivity index (χ3v) is 2.85. The summed E-state index contributed by atoms with van der Waals surface area (Å²) in [6, 6.07) is 0.801. The Hall–Kier alpha value is -0.300. The maximum absolute atomic E-state index is 2.65. The highest BCUT2D eigenvalue weighted by molar-refractivity contribution is 5.02. The largest absolute Gasteiger partial charge is 0.297 e. The summed E-state index contributed by atoms with van der Waals surface area (Å²) in [6.45, 7) is 2.68. The van der Waals surface area contributed by atoms with Crippen molar-refractivity contribution < 1.29 is 0 Å². The van der Waals surface area contributed by atoms with Gasteiger partial charge in [-0.25, -0.2) is 0 Å². The van der Waals surface area contributed by atoms with Crippen LogP contribution in [0.15, 0.2) is 12.2 Å². The molecule has 1 heterocycles. The van der Waals surface area contributed by atoms with Crippen molar-refractivity contribution in [1.29, 1.82) is 0 Å². The van der Waals surface area contributed by atoms with Crippen LogP contribution >= 0.6 is 0 Å². The molecule has 1 saturated heterocycles. The minimum atomic E-state index is 0.801. The summed E-state index contributed by atoms with van der Waals surface area (Å²) in [6.07, 6.45) is 11.7. The molecule has 0 bridgehead atoms. The van der Waals surface area contributed by atoms with E-state index in [9.17, 15) is 0 Å². The summed E-state index contributed by atoms with van der Waals surface area (Å²) in [5.74, 6) is 0. The standard InChI is InChI=1S/C10H17N/c1-4-8-11(9-5-1)10-6-2-3-7-10/h2,6,10H,1,3-5,7-9H2. The summed E-state index contributed by atoms with van der Waals surface area (Å²) >= 11 is 0. The molecule has 1 heteroatoms. The highest BCUT2D eigenvalue weighted by atomic mass is 15.2. The molecule has 0 aromatic carbocycles.